The van der Waals surface area contributed by atoms with Crippen LogP contribution in [0.3, 0.4) is 0 Å². The largest absolute Gasteiger partial charge is 0.381 e. The number of rotatable bonds is 4. The first-order chi connectivity index (χ1) is 18.3. The molecule has 38 heavy (non-hydrogen) atoms. The third-order valence-electron chi connectivity index (χ3n) is 9.49. The monoisotopic (exact) mass is 562 g/mol. The minimum atomic E-state index is -0.491. The molecule has 217 valence electrons. The molecule has 0 amide bonds. The number of ether oxygens (including phenoxy) is 2. The average molecular weight is 562 g/mol. The molecule has 6 heteroatoms. The van der Waals surface area contributed by atoms with E-state index in [2.05, 4.69) is 0 Å². The summed E-state index contributed by atoms with van der Waals surface area (Å²) in [6, 6.07) is 0. The van der Waals surface area contributed by atoms with E-state index < -0.39 is 7.80 Å². The lowest BCUT2D eigenvalue weighted by atomic mass is 9.99. The molecule has 2 aliphatic heterocycles. The molecule has 0 aromatic rings. The van der Waals surface area contributed by atoms with Crippen molar-refractivity contribution in [1.29, 1.82) is 0 Å². The van der Waals surface area contributed by atoms with Crippen LogP contribution < -0.4 is 0 Å². The SMILES string of the molecule is C1CCC(PC2CCCCC2)CC1.C1CCOC1.C1CCOC1.[B].[B][PH+](C1CCCCC1)C1CCCCC1. The molecule has 0 unspecified atom stereocenters. The van der Waals surface area contributed by atoms with Gasteiger partial charge in [0.25, 0.3) is 0 Å². The molecule has 0 bridgehead atoms. The smallest absolute Gasteiger partial charge is 0.362 e. The van der Waals surface area contributed by atoms with Crippen molar-refractivity contribution >= 4 is 32.4 Å². The maximum atomic E-state index is 6.52. The van der Waals surface area contributed by atoms with Crippen LogP contribution in [0.2, 0.25) is 0 Å². The Balaban J connectivity index is 0.000000193. The molecule has 2 nitrogen and oxygen atoms in total. The van der Waals surface area contributed by atoms with E-state index in [1.807, 2.05) is 0 Å². The van der Waals surface area contributed by atoms with Gasteiger partial charge in [0.2, 0.25) is 0 Å². The molecule has 0 aromatic carbocycles. The minimum absolute atomic E-state index is 0. The predicted octanol–water partition coefficient (Wildman–Crippen LogP) is 9.49. The van der Waals surface area contributed by atoms with Crippen molar-refractivity contribution in [3.05, 3.63) is 0 Å². The lowest BCUT2D eigenvalue weighted by Gasteiger charge is -2.30. The number of hydrogen-bond donors (Lipinski definition) is 0. The Morgan fingerprint density at radius 1 is 0.421 bits per heavy atom. The van der Waals surface area contributed by atoms with Crippen LogP contribution in [0.5, 0.6) is 0 Å². The molecule has 0 N–H and O–H groups in total. The molecule has 4 aliphatic carbocycles. The highest BCUT2D eigenvalue weighted by molar-refractivity contribution is 7.83. The molecule has 2 heterocycles. The van der Waals surface area contributed by atoms with Crippen molar-refractivity contribution in [2.45, 2.75) is 177 Å². The van der Waals surface area contributed by atoms with Crippen LogP contribution in [0.15, 0.2) is 0 Å². The Labute approximate surface area is 244 Å². The van der Waals surface area contributed by atoms with Crippen LogP contribution >= 0.6 is 16.4 Å². The van der Waals surface area contributed by atoms with Crippen molar-refractivity contribution in [3.8, 4) is 0 Å². The van der Waals surface area contributed by atoms with Gasteiger partial charge in [-0.3, -0.25) is 0 Å². The van der Waals surface area contributed by atoms with Crippen LogP contribution in [0, 0.1) is 0 Å². The lowest BCUT2D eigenvalue weighted by Crippen LogP contribution is -2.20. The summed E-state index contributed by atoms with van der Waals surface area (Å²) in [4.78, 5) is 0. The van der Waals surface area contributed by atoms with Crippen LogP contribution in [0.4, 0.5) is 0 Å². The van der Waals surface area contributed by atoms with Gasteiger partial charge in [0.05, 0.1) is 11.3 Å². The molecular formula is C32H62B2O2P2+. The lowest BCUT2D eigenvalue weighted by molar-refractivity contribution is 0.198. The maximum Gasteiger partial charge on any atom is 0.362 e. The van der Waals surface area contributed by atoms with E-state index in [0.717, 1.165) is 49.1 Å². The molecule has 6 fully saturated rings. The van der Waals surface area contributed by atoms with E-state index in [-0.39, 0.29) is 8.41 Å². The summed E-state index contributed by atoms with van der Waals surface area (Å²) in [5, 5.41) is 0. The summed E-state index contributed by atoms with van der Waals surface area (Å²) in [7, 11) is 7.36. The van der Waals surface area contributed by atoms with Crippen LogP contribution in [0.1, 0.15) is 154 Å². The summed E-state index contributed by atoms with van der Waals surface area (Å²) in [6.07, 6.45) is 35.2. The second-order valence-corrected chi connectivity index (χ2v) is 17.2. The van der Waals surface area contributed by atoms with Crippen molar-refractivity contribution in [2.24, 2.45) is 0 Å². The Bertz CT molecular complexity index is 450. The van der Waals surface area contributed by atoms with Gasteiger partial charge in [0, 0.05) is 34.8 Å². The van der Waals surface area contributed by atoms with Gasteiger partial charge in [-0.1, -0.05) is 51.4 Å². The molecule has 4 saturated carbocycles. The standard InChI is InChI=1S/C12H23BP.C12H23P.2C4H8O.B/c13-14(11-7-3-1-4-8-11)12-9-5-2-6-10-12;1-3-7-11(8-4-1)13-12-9-5-2-6-10-12;2*1-2-4-5-3-1;/h11-12,14H,1-10H2;11-13H,1-10H2;2*1-4H2;/q+1;;;;. The second kappa shape index (κ2) is 23.5. The Hall–Kier alpha value is 0.910. The molecule has 0 spiro atoms. The predicted molar refractivity (Wildman–Crippen MR) is 176 cm³/mol. The van der Waals surface area contributed by atoms with Crippen LogP contribution in [-0.4, -0.2) is 65.0 Å². The van der Waals surface area contributed by atoms with E-state index in [1.165, 1.54) is 137 Å². The zero-order valence-electron chi connectivity index (χ0n) is 25.1. The fourth-order valence-electron chi connectivity index (χ4n) is 7.10. The molecule has 5 radical (unpaired) electrons. The third-order valence-corrected chi connectivity index (χ3v) is 14.6. The molecule has 0 aromatic heterocycles. The Morgan fingerprint density at radius 3 is 0.974 bits per heavy atom. The summed E-state index contributed by atoms with van der Waals surface area (Å²) in [5.41, 5.74) is 4.24. The fourth-order valence-corrected chi connectivity index (χ4v) is 12.1. The third kappa shape index (κ3) is 15.8. The van der Waals surface area contributed by atoms with E-state index in [1.54, 1.807) is 25.7 Å². The summed E-state index contributed by atoms with van der Waals surface area (Å²) in [6.45, 7) is 4.00. The van der Waals surface area contributed by atoms with Gasteiger partial charge in [-0.05, 0) is 122 Å². The van der Waals surface area contributed by atoms with Gasteiger partial charge < -0.3 is 9.47 Å². The first-order valence-electron chi connectivity index (χ1n) is 16.9. The normalized spacial score (nSPS) is 25.7. The van der Waals surface area contributed by atoms with Crippen molar-refractivity contribution in [3.63, 3.8) is 0 Å². The van der Waals surface area contributed by atoms with Crippen molar-refractivity contribution < 1.29 is 9.47 Å². The Morgan fingerprint density at radius 2 is 0.711 bits per heavy atom. The summed E-state index contributed by atoms with van der Waals surface area (Å²) < 4.78 is 9.89. The number of hydrogen-bond acceptors (Lipinski definition) is 2. The van der Waals surface area contributed by atoms with Crippen molar-refractivity contribution in [2.75, 3.05) is 26.4 Å². The van der Waals surface area contributed by atoms with Crippen molar-refractivity contribution in [1.82, 2.24) is 0 Å². The van der Waals surface area contributed by atoms with E-state index >= 15 is 0 Å². The first kappa shape index (κ1) is 35.1. The van der Waals surface area contributed by atoms with Gasteiger partial charge in [0.15, 0.2) is 0 Å². The van der Waals surface area contributed by atoms with Gasteiger partial charge >= 0.3 is 7.57 Å². The average Bonchev–Trinajstić information content (AvgIpc) is 3.75. The van der Waals surface area contributed by atoms with E-state index in [9.17, 15) is 0 Å². The molecule has 6 rings (SSSR count). The molecular weight excluding hydrogens is 500 g/mol. The molecule has 2 saturated heterocycles. The second-order valence-electron chi connectivity index (χ2n) is 12.6. The van der Waals surface area contributed by atoms with E-state index in [4.69, 9.17) is 17.0 Å². The fraction of sp³-hybridized carbons (Fsp3) is 1.00. The van der Waals surface area contributed by atoms with Gasteiger partial charge in [-0.15, -0.1) is 8.58 Å². The maximum absolute atomic E-state index is 6.52. The van der Waals surface area contributed by atoms with E-state index in [0.29, 0.717) is 0 Å². The highest BCUT2D eigenvalue weighted by Crippen LogP contribution is 2.52. The van der Waals surface area contributed by atoms with Gasteiger partial charge in [-0.25, -0.2) is 0 Å². The van der Waals surface area contributed by atoms with Crippen LogP contribution in [0.25, 0.3) is 0 Å². The highest BCUT2D eigenvalue weighted by Gasteiger charge is 2.33. The van der Waals surface area contributed by atoms with Gasteiger partial charge in [-0.2, -0.15) is 0 Å². The van der Waals surface area contributed by atoms with Gasteiger partial charge in [0.1, 0.15) is 0 Å². The first-order valence-corrected chi connectivity index (χ1v) is 19.8. The topological polar surface area (TPSA) is 18.5 Å². The highest BCUT2D eigenvalue weighted by atomic mass is 31.1. The zero-order chi connectivity index (χ0) is 25.8. The zero-order valence-corrected chi connectivity index (χ0v) is 27.1. The molecule has 0 atom stereocenters. The quantitative estimate of drug-likeness (QED) is 0.251. The summed E-state index contributed by atoms with van der Waals surface area (Å²) >= 11 is 0. The van der Waals surface area contributed by atoms with Crippen LogP contribution in [-0.2, 0) is 9.47 Å². The Kier molecular flexibility index (Phi) is 21.7. The summed E-state index contributed by atoms with van der Waals surface area (Å²) in [5.74, 6) is 0. The molecule has 6 aliphatic rings. The minimum Gasteiger partial charge on any atom is -0.381 e.